The molecule has 1 atom stereocenters. The third kappa shape index (κ3) is 3.15. The largest absolute Gasteiger partial charge is 0.383 e. The molecule has 1 N–H and O–H groups in total. The number of nitrogens with zero attached hydrogens (tertiary/aromatic N) is 1. The molecule has 0 radical (unpaired) electrons. The van der Waals surface area contributed by atoms with Crippen LogP contribution in [0.5, 0.6) is 0 Å². The maximum atomic E-state index is 13.2. The van der Waals surface area contributed by atoms with Crippen molar-refractivity contribution >= 4 is 40.1 Å². The fourth-order valence-corrected chi connectivity index (χ4v) is 4.77. The first kappa shape index (κ1) is 13.1. The van der Waals surface area contributed by atoms with Gasteiger partial charge < -0.3 is 5.32 Å². The van der Waals surface area contributed by atoms with E-state index in [9.17, 15) is 4.39 Å². The molecule has 1 fully saturated rings. The molecule has 2 aromatic rings. The molecule has 3 rings (SSSR count). The minimum Gasteiger partial charge on any atom is -0.383 e. The number of hydrogen-bond donors (Lipinski definition) is 1. The first-order valence-electron chi connectivity index (χ1n) is 6.30. The Morgan fingerprint density at radius 1 is 1.32 bits per heavy atom. The number of nitrogens with one attached hydrogen (secondary N) is 1. The van der Waals surface area contributed by atoms with E-state index in [1.165, 1.54) is 29.4 Å². The molecule has 100 valence electrons. The molecular formula is C14H15FN2S2. The summed E-state index contributed by atoms with van der Waals surface area (Å²) in [6, 6.07) is 6.72. The van der Waals surface area contributed by atoms with E-state index in [1.54, 1.807) is 12.3 Å². The van der Waals surface area contributed by atoms with Gasteiger partial charge in [0.1, 0.15) is 5.82 Å². The van der Waals surface area contributed by atoms with Gasteiger partial charge in [-0.1, -0.05) is 0 Å². The zero-order chi connectivity index (χ0) is 13.1. The van der Waals surface area contributed by atoms with Crippen molar-refractivity contribution in [3.63, 3.8) is 0 Å². The predicted octanol–water partition coefficient (Wildman–Crippen LogP) is 3.63. The number of aromatic nitrogens is 1. The van der Waals surface area contributed by atoms with E-state index in [0.717, 1.165) is 17.6 Å². The molecule has 1 aliphatic rings. The van der Waals surface area contributed by atoms with Crippen LogP contribution in [0, 0.1) is 5.82 Å². The van der Waals surface area contributed by atoms with Crippen LogP contribution in [0.1, 0.15) is 0 Å². The molecule has 0 spiro atoms. The van der Waals surface area contributed by atoms with E-state index >= 15 is 0 Å². The highest BCUT2D eigenvalue weighted by Crippen LogP contribution is 2.26. The minimum absolute atomic E-state index is 0.239. The van der Waals surface area contributed by atoms with Crippen molar-refractivity contribution in [2.45, 2.75) is 5.25 Å². The summed E-state index contributed by atoms with van der Waals surface area (Å²) >= 11 is 4.05. The van der Waals surface area contributed by atoms with Crippen LogP contribution in [0.3, 0.4) is 0 Å². The molecule has 1 saturated heterocycles. The Balaban J connectivity index is 1.76. The summed E-state index contributed by atoms with van der Waals surface area (Å²) < 4.78 is 13.2. The Labute approximate surface area is 120 Å². The van der Waals surface area contributed by atoms with Crippen molar-refractivity contribution in [3.05, 3.63) is 36.3 Å². The third-order valence-electron chi connectivity index (χ3n) is 3.11. The van der Waals surface area contributed by atoms with Gasteiger partial charge in [0.25, 0.3) is 0 Å². The van der Waals surface area contributed by atoms with Crippen LogP contribution in [0.2, 0.25) is 0 Å². The number of benzene rings is 1. The van der Waals surface area contributed by atoms with Crippen LogP contribution in [-0.4, -0.2) is 34.0 Å². The van der Waals surface area contributed by atoms with Crippen LogP contribution in [0.4, 0.5) is 10.1 Å². The third-order valence-corrected chi connectivity index (χ3v) is 5.95. The molecule has 1 unspecified atom stereocenters. The van der Waals surface area contributed by atoms with Crippen LogP contribution in [0.15, 0.2) is 30.5 Å². The molecule has 2 heterocycles. The number of hydrogen-bond acceptors (Lipinski definition) is 4. The van der Waals surface area contributed by atoms with Gasteiger partial charge in [-0.2, -0.15) is 23.5 Å². The van der Waals surface area contributed by atoms with Crippen molar-refractivity contribution in [2.75, 3.05) is 29.1 Å². The Hall–Kier alpha value is -0.940. The van der Waals surface area contributed by atoms with E-state index in [4.69, 9.17) is 0 Å². The summed E-state index contributed by atoms with van der Waals surface area (Å²) in [5.41, 5.74) is 1.75. The molecule has 0 saturated carbocycles. The normalized spacial score (nSPS) is 19.5. The van der Waals surface area contributed by atoms with Gasteiger partial charge in [0, 0.05) is 52.4 Å². The second-order valence-electron chi connectivity index (χ2n) is 4.47. The monoisotopic (exact) mass is 294 g/mol. The number of thioether (sulfide) groups is 2. The summed E-state index contributed by atoms with van der Waals surface area (Å²) in [7, 11) is 0. The van der Waals surface area contributed by atoms with E-state index in [2.05, 4.69) is 10.3 Å². The molecule has 19 heavy (non-hydrogen) atoms. The molecule has 0 aliphatic carbocycles. The summed E-state index contributed by atoms with van der Waals surface area (Å²) in [4.78, 5) is 4.21. The van der Waals surface area contributed by atoms with Crippen molar-refractivity contribution < 1.29 is 4.39 Å². The first-order chi connectivity index (χ1) is 9.33. The topological polar surface area (TPSA) is 24.9 Å². The number of halogens is 1. The fourth-order valence-electron chi connectivity index (χ4n) is 2.15. The van der Waals surface area contributed by atoms with E-state index in [0.29, 0.717) is 10.8 Å². The molecule has 5 heteroatoms. The lowest BCUT2D eigenvalue weighted by molar-refractivity contribution is 0.629. The SMILES string of the molecule is Fc1ccc2c(NCC3CSCCS3)ccnc2c1. The second-order valence-corrected chi connectivity index (χ2v) is 7.03. The van der Waals surface area contributed by atoms with Crippen molar-refractivity contribution in [1.82, 2.24) is 4.98 Å². The van der Waals surface area contributed by atoms with Gasteiger partial charge in [-0.3, -0.25) is 4.98 Å². The van der Waals surface area contributed by atoms with E-state index < -0.39 is 0 Å². The van der Waals surface area contributed by atoms with Crippen LogP contribution >= 0.6 is 23.5 Å². The van der Waals surface area contributed by atoms with Gasteiger partial charge in [-0.05, 0) is 18.2 Å². The number of fused-ring (bicyclic) bond motifs is 1. The summed E-state index contributed by atoms with van der Waals surface area (Å²) in [5.74, 6) is 3.46. The maximum absolute atomic E-state index is 13.2. The molecule has 2 nitrogen and oxygen atoms in total. The zero-order valence-corrected chi connectivity index (χ0v) is 12.1. The highest BCUT2D eigenvalue weighted by atomic mass is 32.2. The van der Waals surface area contributed by atoms with Gasteiger partial charge >= 0.3 is 0 Å². The van der Waals surface area contributed by atoms with Gasteiger partial charge in [-0.25, -0.2) is 4.39 Å². The van der Waals surface area contributed by atoms with Gasteiger partial charge in [0.2, 0.25) is 0 Å². The van der Waals surface area contributed by atoms with Gasteiger partial charge in [-0.15, -0.1) is 0 Å². The highest BCUT2D eigenvalue weighted by Gasteiger charge is 2.14. The molecule has 0 bridgehead atoms. The lowest BCUT2D eigenvalue weighted by Gasteiger charge is -2.22. The number of anilines is 1. The molecule has 1 aliphatic heterocycles. The lowest BCUT2D eigenvalue weighted by atomic mass is 10.2. The number of pyridine rings is 1. The standard InChI is InChI=1S/C14H15FN2S2/c15-10-1-2-12-13(3-4-16-14(12)7-10)17-8-11-9-18-5-6-19-11/h1-4,7,11H,5-6,8-9H2,(H,16,17). The smallest absolute Gasteiger partial charge is 0.125 e. The maximum Gasteiger partial charge on any atom is 0.125 e. The van der Waals surface area contributed by atoms with Crippen LogP contribution in [0.25, 0.3) is 10.9 Å². The second kappa shape index (κ2) is 6.01. The number of rotatable bonds is 3. The average molecular weight is 294 g/mol. The van der Waals surface area contributed by atoms with Gasteiger partial charge in [0.15, 0.2) is 0 Å². The molecule has 1 aromatic carbocycles. The average Bonchev–Trinajstić information content (AvgIpc) is 2.45. The Morgan fingerprint density at radius 3 is 3.11 bits per heavy atom. The Morgan fingerprint density at radius 2 is 2.26 bits per heavy atom. The van der Waals surface area contributed by atoms with E-state index in [-0.39, 0.29) is 5.82 Å². The Bertz CT molecular complexity index is 570. The summed E-state index contributed by atoms with van der Waals surface area (Å²) in [6.07, 6.45) is 1.73. The lowest BCUT2D eigenvalue weighted by Crippen LogP contribution is -2.23. The zero-order valence-electron chi connectivity index (χ0n) is 10.4. The van der Waals surface area contributed by atoms with Crippen LogP contribution in [-0.2, 0) is 0 Å². The highest BCUT2D eigenvalue weighted by molar-refractivity contribution is 8.06. The van der Waals surface area contributed by atoms with Crippen molar-refractivity contribution in [2.24, 2.45) is 0 Å². The summed E-state index contributed by atoms with van der Waals surface area (Å²) in [5, 5.41) is 5.12. The quantitative estimate of drug-likeness (QED) is 0.934. The van der Waals surface area contributed by atoms with E-state index in [1.807, 2.05) is 29.6 Å². The molecular weight excluding hydrogens is 279 g/mol. The minimum atomic E-state index is -0.239. The predicted molar refractivity (Wildman–Crippen MR) is 83.8 cm³/mol. The molecule has 0 amide bonds. The van der Waals surface area contributed by atoms with Gasteiger partial charge in [0.05, 0.1) is 5.52 Å². The summed E-state index contributed by atoms with van der Waals surface area (Å²) in [6.45, 7) is 0.953. The first-order valence-corrected chi connectivity index (χ1v) is 8.51. The Kier molecular flexibility index (Phi) is 4.13. The molecule has 1 aromatic heterocycles. The van der Waals surface area contributed by atoms with Crippen molar-refractivity contribution in [1.29, 1.82) is 0 Å². The van der Waals surface area contributed by atoms with Crippen molar-refractivity contribution in [3.8, 4) is 0 Å². The van der Waals surface area contributed by atoms with Crippen LogP contribution < -0.4 is 5.32 Å². The fraction of sp³-hybridized carbons (Fsp3) is 0.357.